The van der Waals surface area contributed by atoms with Gasteiger partial charge in [-0.15, -0.1) is 11.3 Å². The van der Waals surface area contributed by atoms with E-state index in [9.17, 15) is 4.79 Å². The molecule has 1 amide bonds. The molecular formula is C15H20N2OS. The Morgan fingerprint density at radius 3 is 3.05 bits per heavy atom. The lowest BCUT2D eigenvalue weighted by atomic mass is 10.1. The summed E-state index contributed by atoms with van der Waals surface area (Å²) < 4.78 is 0. The number of amides is 1. The molecule has 1 aliphatic carbocycles. The van der Waals surface area contributed by atoms with Crippen LogP contribution in [0, 0.1) is 17.8 Å². The second kappa shape index (κ2) is 6.74. The molecule has 0 aromatic carbocycles. The molecule has 1 heterocycles. The molecule has 0 spiro atoms. The van der Waals surface area contributed by atoms with Gasteiger partial charge >= 0.3 is 0 Å². The lowest BCUT2D eigenvalue weighted by molar-refractivity contribution is 0.0933. The van der Waals surface area contributed by atoms with Crippen molar-refractivity contribution in [3.05, 3.63) is 21.9 Å². The third-order valence-corrected chi connectivity index (χ3v) is 4.16. The minimum Gasteiger partial charge on any atom is -0.349 e. The first kappa shape index (κ1) is 14.1. The van der Waals surface area contributed by atoms with Crippen molar-refractivity contribution in [1.29, 1.82) is 0 Å². The van der Waals surface area contributed by atoms with Crippen molar-refractivity contribution < 1.29 is 4.79 Å². The van der Waals surface area contributed by atoms with Gasteiger partial charge in [0.05, 0.1) is 17.0 Å². The van der Waals surface area contributed by atoms with Crippen molar-refractivity contribution >= 4 is 17.2 Å². The number of carbonyl (C=O) groups excluding carboxylic acids is 1. The minimum absolute atomic E-state index is 0.0181. The van der Waals surface area contributed by atoms with Gasteiger partial charge < -0.3 is 11.1 Å². The van der Waals surface area contributed by atoms with Gasteiger partial charge in [-0.3, -0.25) is 4.79 Å². The average Bonchev–Trinajstić information content (AvgIpc) is 3.10. The third-order valence-electron chi connectivity index (χ3n) is 3.32. The Hall–Kier alpha value is -1.31. The number of rotatable bonds is 5. The quantitative estimate of drug-likeness (QED) is 0.811. The molecule has 3 N–H and O–H groups in total. The predicted molar refractivity (Wildman–Crippen MR) is 79.1 cm³/mol. The Labute approximate surface area is 118 Å². The molecule has 1 fully saturated rings. The van der Waals surface area contributed by atoms with Crippen LogP contribution in [0.2, 0.25) is 0 Å². The van der Waals surface area contributed by atoms with Gasteiger partial charge in [-0.2, -0.15) is 0 Å². The van der Waals surface area contributed by atoms with Crippen LogP contribution in [-0.4, -0.2) is 18.5 Å². The highest BCUT2D eigenvalue weighted by atomic mass is 32.1. The fraction of sp³-hybridized carbons (Fsp3) is 0.533. The zero-order valence-electron chi connectivity index (χ0n) is 11.2. The van der Waals surface area contributed by atoms with E-state index in [1.165, 1.54) is 24.2 Å². The zero-order chi connectivity index (χ0) is 13.7. The summed E-state index contributed by atoms with van der Waals surface area (Å²) in [7, 11) is 0. The third kappa shape index (κ3) is 4.38. The van der Waals surface area contributed by atoms with Crippen LogP contribution in [0.25, 0.3) is 0 Å². The molecule has 0 radical (unpaired) electrons. The normalized spacial score (nSPS) is 15.5. The predicted octanol–water partition coefficient (Wildman–Crippen LogP) is 2.37. The van der Waals surface area contributed by atoms with Gasteiger partial charge in [0.25, 0.3) is 5.91 Å². The molecule has 1 aromatic rings. The molecule has 0 bridgehead atoms. The zero-order valence-corrected chi connectivity index (χ0v) is 12.1. The molecule has 0 aliphatic heterocycles. The van der Waals surface area contributed by atoms with Crippen LogP contribution in [0.1, 0.15) is 47.8 Å². The van der Waals surface area contributed by atoms with Gasteiger partial charge in [0.15, 0.2) is 0 Å². The van der Waals surface area contributed by atoms with Crippen molar-refractivity contribution in [2.24, 2.45) is 11.7 Å². The minimum atomic E-state index is 0.0181. The number of hydrogen-bond donors (Lipinski definition) is 2. The molecule has 102 valence electrons. The highest BCUT2D eigenvalue weighted by molar-refractivity contribution is 7.10. The Morgan fingerprint density at radius 2 is 2.42 bits per heavy atom. The molecular weight excluding hydrogens is 256 g/mol. The Kier molecular flexibility index (Phi) is 5.00. The largest absolute Gasteiger partial charge is 0.349 e. The maximum Gasteiger partial charge on any atom is 0.252 e. The van der Waals surface area contributed by atoms with Crippen molar-refractivity contribution in [3.63, 3.8) is 0 Å². The number of hydrogen-bond acceptors (Lipinski definition) is 3. The van der Waals surface area contributed by atoms with E-state index in [-0.39, 0.29) is 5.91 Å². The monoisotopic (exact) mass is 276 g/mol. The van der Waals surface area contributed by atoms with Crippen molar-refractivity contribution in [1.82, 2.24) is 5.32 Å². The average molecular weight is 276 g/mol. The van der Waals surface area contributed by atoms with E-state index < -0.39 is 0 Å². The van der Waals surface area contributed by atoms with E-state index in [4.69, 9.17) is 5.73 Å². The second-order valence-corrected chi connectivity index (χ2v) is 5.87. The van der Waals surface area contributed by atoms with Gasteiger partial charge in [-0.1, -0.05) is 31.6 Å². The number of carbonyl (C=O) groups is 1. The highest BCUT2D eigenvalue weighted by Crippen LogP contribution is 2.34. The Bertz CT molecular complexity index is 494. The molecule has 4 heteroatoms. The molecule has 2 rings (SSSR count). The first-order valence-electron chi connectivity index (χ1n) is 6.81. The van der Waals surface area contributed by atoms with E-state index >= 15 is 0 Å². The number of nitrogens with one attached hydrogen (secondary N) is 1. The highest BCUT2D eigenvalue weighted by Gasteiger charge is 2.25. The van der Waals surface area contributed by atoms with Crippen LogP contribution in [0.4, 0.5) is 0 Å². The summed E-state index contributed by atoms with van der Waals surface area (Å²) in [6, 6.07) is 2.14. The van der Waals surface area contributed by atoms with Crippen molar-refractivity contribution in [2.45, 2.75) is 38.6 Å². The Morgan fingerprint density at radius 1 is 1.63 bits per heavy atom. The Balaban J connectivity index is 1.92. The van der Waals surface area contributed by atoms with Crippen LogP contribution in [0.3, 0.4) is 0 Å². The summed E-state index contributed by atoms with van der Waals surface area (Å²) in [4.78, 5) is 13.0. The van der Waals surface area contributed by atoms with E-state index in [0.29, 0.717) is 18.2 Å². The number of nitrogens with two attached hydrogens (primary N) is 1. The molecule has 1 aromatic heterocycles. The van der Waals surface area contributed by atoms with E-state index in [1.807, 2.05) is 11.4 Å². The summed E-state index contributed by atoms with van der Waals surface area (Å²) in [5, 5.41) is 4.98. The molecule has 1 saturated carbocycles. The molecule has 1 atom stereocenters. The molecule has 1 unspecified atom stereocenters. The topological polar surface area (TPSA) is 55.1 Å². The van der Waals surface area contributed by atoms with Crippen LogP contribution in [0.5, 0.6) is 0 Å². The molecule has 19 heavy (non-hydrogen) atoms. The summed E-state index contributed by atoms with van der Waals surface area (Å²) >= 11 is 1.49. The first-order chi connectivity index (χ1) is 9.22. The SMILES string of the molecule is CCC(CC1CC1)NC(=O)c1csc(C#CCN)c1. The maximum absolute atomic E-state index is 12.1. The second-order valence-electron chi connectivity index (χ2n) is 4.96. The first-order valence-corrected chi connectivity index (χ1v) is 7.69. The van der Waals surface area contributed by atoms with Crippen LogP contribution >= 0.6 is 11.3 Å². The van der Waals surface area contributed by atoms with Crippen LogP contribution < -0.4 is 11.1 Å². The smallest absolute Gasteiger partial charge is 0.252 e. The standard InChI is InChI=1S/C15H20N2OS/c1-2-13(8-11-5-6-11)17-15(18)12-9-14(19-10-12)4-3-7-16/h9-11,13H,2,5-8,16H2,1H3,(H,17,18). The number of thiophene rings is 1. The van der Waals surface area contributed by atoms with Gasteiger partial charge in [-0.25, -0.2) is 0 Å². The van der Waals surface area contributed by atoms with Gasteiger partial charge in [-0.05, 0) is 24.8 Å². The maximum atomic E-state index is 12.1. The summed E-state index contributed by atoms with van der Waals surface area (Å²) in [6.45, 7) is 2.47. The molecule has 3 nitrogen and oxygen atoms in total. The summed E-state index contributed by atoms with van der Waals surface area (Å²) in [6.07, 6.45) is 4.76. The van der Waals surface area contributed by atoms with Crippen LogP contribution in [-0.2, 0) is 0 Å². The van der Waals surface area contributed by atoms with E-state index in [2.05, 4.69) is 24.1 Å². The lowest BCUT2D eigenvalue weighted by Crippen LogP contribution is -2.34. The van der Waals surface area contributed by atoms with Gasteiger partial charge in [0.1, 0.15) is 0 Å². The lowest BCUT2D eigenvalue weighted by Gasteiger charge is -2.15. The van der Waals surface area contributed by atoms with Crippen LogP contribution in [0.15, 0.2) is 11.4 Å². The van der Waals surface area contributed by atoms with Crippen molar-refractivity contribution in [2.75, 3.05) is 6.54 Å². The van der Waals surface area contributed by atoms with Crippen molar-refractivity contribution in [3.8, 4) is 11.8 Å². The van der Waals surface area contributed by atoms with E-state index in [0.717, 1.165) is 23.6 Å². The fourth-order valence-electron chi connectivity index (χ4n) is 2.01. The van der Waals surface area contributed by atoms with Gasteiger partial charge in [0, 0.05) is 11.4 Å². The summed E-state index contributed by atoms with van der Waals surface area (Å²) in [5.41, 5.74) is 6.04. The molecule has 0 saturated heterocycles. The fourth-order valence-corrected chi connectivity index (χ4v) is 2.77. The summed E-state index contributed by atoms with van der Waals surface area (Å²) in [5.74, 6) is 6.60. The van der Waals surface area contributed by atoms with Gasteiger partial charge in [0.2, 0.25) is 0 Å². The van der Waals surface area contributed by atoms with E-state index in [1.54, 1.807) is 0 Å². The molecule has 1 aliphatic rings.